The van der Waals surface area contributed by atoms with E-state index in [1.165, 1.54) is 0 Å². The molecule has 1 aromatic carbocycles. The molecule has 0 radical (unpaired) electrons. The summed E-state index contributed by atoms with van der Waals surface area (Å²) in [4.78, 5) is 11.7. The lowest BCUT2D eigenvalue weighted by atomic mass is 10.00. The van der Waals surface area contributed by atoms with Gasteiger partial charge < -0.3 is 15.4 Å². The topological polar surface area (TPSA) is 50.4 Å². The van der Waals surface area contributed by atoms with E-state index in [9.17, 15) is 4.79 Å². The molecule has 2 unspecified atom stereocenters. The minimum Gasteiger partial charge on any atom is -0.378 e. The molecule has 2 atom stereocenters. The predicted octanol–water partition coefficient (Wildman–Crippen LogP) is 2.30. The van der Waals surface area contributed by atoms with Gasteiger partial charge in [0.05, 0.1) is 6.10 Å². The number of carbonyl (C=O) groups is 1. The molecular formula is C15H22N2O2. The number of rotatable bonds is 5. The third kappa shape index (κ3) is 4.24. The number of carbonyl (C=O) groups excluding carboxylic acids is 1. The molecule has 2 N–H and O–H groups in total. The molecule has 1 heterocycles. The molecule has 1 fully saturated rings. The third-order valence-corrected chi connectivity index (χ3v) is 3.57. The van der Waals surface area contributed by atoms with E-state index in [1.54, 1.807) is 0 Å². The highest BCUT2D eigenvalue weighted by Gasteiger charge is 2.26. The molecule has 1 aliphatic rings. The van der Waals surface area contributed by atoms with E-state index in [1.807, 2.05) is 30.3 Å². The van der Waals surface area contributed by atoms with Crippen molar-refractivity contribution >= 4 is 6.03 Å². The van der Waals surface area contributed by atoms with Crippen LogP contribution in [0, 0.1) is 5.92 Å². The first kappa shape index (κ1) is 13.9. The number of nitrogens with one attached hydrogen (secondary N) is 2. The lowest BCUT2D eigenvalue weighted by Gasteiger charge is -2.17. The molecule has 104 valence electrons. The minimum atomic E-state index is -0.106. The summed E-state index contributed by atoms with van der Waals surface area (Å²) in [6.45, 7) is 4.19. The average Bonchev–Trinajstić information content (AvgIpc) is 2.91. The quantitative estimate of drug-likeness (QED) is 0.855. The third-order valence-electron chi connectivity index (χ3n) is 3.57. The Balaban J connectivity index is 1.67. The largest absolute Gasteiger partial charge is 0.378 e. The molecule has 1 aromatic rings. The Hall–Kier alpha value is -1.55. The van der Waals surface area contributed by atoms with Crippen LogP contribution in [0.2, 0.25) is 0 Å². The Kier molecular flexibility index (Phi) is 5.21. The smallest absolute Gasteiger partial charge is 0.315 e. The second kappa shape index (κ2) is 7.14. The molecule has 0 aliphatic carbocycles. The van der Waals surface area contributed by atoms with Crippen molar-refractivity contribution < 1.29 is 9.53 Å². The molecule has 0 bridgehead atoms. The van der Waals surface area contributed by atoms with Crippen molar-refractivity contribution in [2.45, 2.75) is 32.4 Å². The molecule has 1 saturated heterocycles. The fourth-order valence-corrected chi connectivity index (χ4v) is 2.44. The first-order chi connectivity index (χ1) is 9.29. The highest BCUT2D eigenvalue weighted by molar-refractivity contribution is 5.73. The van der Waals surface area contributed by atoms with Gasteiger partial charge in [0.25, 0.3) is 0 Å². The van der Waals surface area contributed by atoms with E-state index in [-0.39, 0.29) is 6.03 Å². The summed E-state index contributed by atoms with van der Waals surface area (Å²) < 4.78 is 5.60. The van der Waals surface area contributed by atoms with E-state index in [4.69, 9.17) is 4.74 Å². The SMILES string of the molecule is CCC1OCCC1CNC(=O)NCc1ccccc1. The van der Waals surface area contributed by atoms with Crippen LogP contribution in [-0.4, -0.2) is 25.3 Å². The van der Waals surface area contributed by atoms with Crippen molar-refractivity contribution in [2.24, 2.45) is 5.92 Å². The first-order valence-corrected chi connectivity index (χ1v) is 6.97. The van der Waals surface area contributed by atoms with Gasteiger partial charge in [-0.05, 0) is 18.4 Å². The van der Waals surface area contributed by atoms with Gasteiger partial charge >= 0.3 is 6.03 Å². The number of benzene rings is 1. The average molecular weight is 262 g/mol. The molecule has 1 aliphatic heterocycles. The molecule has 0 spiro atoms. The summed E-state index contributed by atoms with van der Waals surface area (Å²) in [6, 6.07) is 9.80. The Morgan fingerprint density at radius 1 is 1.32 bits per heavy atom. The molecule has 4 heteroatoms. The Bertz CT molecular complexity index is 394. The molecule has 2 rings (SSSR count). The lowest BCUT2D eigenvalue weighted by molar-refractivity contribution is 0.0877. The van der Waals surface area contributed by atoms with Crippen LogP contribution in [-0.2, 0) is 11.3 Å². The summed E-state index contributed by atoms with van der Waals surface area (Å²) >= 11 is 0. The van der Waals surface area contributed by atoms with E-state index in [2.05, 4.69) is 17.6 Å². The molecule has 4 nitrogen and oxygen atoms in total. The van der Waals surface area contributed by atoms with E-state index < -0.39 is 0 Å². The molecule has 2 amide bonds. The van der Waals surface area contributed by atoms with Crippen LogP contribution in [0.25, 0.3) is 0 Å². The molecular weight excluding hydrogens is 240 g/mol. The van der Waals surface area contributed by atoms with Crippen molar-refractivity contribution in [3.05, 3.63) is 35.9 Å². The van der Waals surface area contributed by atoms with Gasteiger partial charge in [-0.15, -0.1) is 0 Å². The number of hydrogen-bond donors (Lipinski definition) is 2. The zero-order valence-electron chi connectivity index (χ0n) is 11.4. The van der Waals surface area contributed by atoms with Crippen LogP contribution in [0.5, 0.6) is 0 Å². The van der Waals surface area contributed by atoms with Gasteiger partial charge in [-0.1, -0.05) is 37.3 Å². The summed E-state index contributed by atoms with van der Waals surface area (Å²) in [7, 11) is 0. The summed E-state index contributed by atoms with van der Waals surface area (Å²) in [5.41, 5.74) is 1.10. The van der Waals surface area contributed by atoms with Crippen LogP contribution >= 0.6 is 0 Å². The number of urea groups is 1. The Labute approximate surface area is 114 Å². The van der Waals surface area contributed by atoms with Crippen LogP contribution in [0.15, 0.2) is 30.3 Å². The second-order valence-corrected chi connectivity index (χ2v) is 4.92. The first-order valence-electron chi connectivity index (χ1n) is 6.97. The van der Waals surface area contributed by atoms with E-state index in [0.29, 0.717) is 25.1 Å². The van der Waals surface area contributed by atoms with Gasteiger partial charge in [-0.25, -0.2) is 4.79 Å². The predicted molar refractivity (Wildman–Crippen MR) is 74.8 cm³/mol. The number of hydrogen-bond acceptors (Lipinski definition) is 2. The summed E-state index contributed by atoms with van der Waals surface area (Å²) in [5.74, 6) is 0.451. The standard InChI is InChI=1S/C15H22N2O2/c1-2-14-13(8-9-19-14)11-17-15(18)16-10-12-6-4-3-5-7-12/h3-7,13-14H,2,8-11H2,1H3,(H2,16,17,18). The van der Waals surface area contributed by atoms with Crippen molar-refractivity contribution in [3.63, 3.8) is 0 Å². The van der Waals surface area contributed by atoms with Gasteiger partial charge in [0.2, 0.25) is 0 Å². The monoisotopic (exact) mass is 262 g/mol. The summed E-state index contributed by atoms with van der Waals surface area (Å²) in [6.07, 6.45) is 2.35. The zero-order chi connectivity index (χ0) is 13.5. The fraction of sp³-hybridized carbons (Fsp3) is 0.533. The van der Waals surface area contributed by atoms with Crippen LogP contribution in [0.3, 0.4) is 0 Å². The minimum absolute atomic E-state index is 0.106. The van der Waals surface area contributed by atoms with E-state index >= 15 is 0 Å². The van der Waals surface area contributed by atoms with Crippen molar-refractivity contribution in [1.82, 2.24) is 10.6 Å². The molecule has 0 saturated carbocycles. The van der Waals surface area contributed by atoms with Crippen LogP contribution < -0.4 is 10.6 Å². The highest BCUT2D eigenvalue weighted by atomic mass is 16.5. The molecule has 19 heavy (non-hydrogen) atoms. The number of amides is 2. The van der Waals surface area contributed by atoms with Crippen LogP contribution in [0.1, 0.15) is 25.3 Å². The van der Waals surface area contributed by atoms with Gasteiger partial charge in [-0.2, -0.15) is 0 Å². The van der Waals surface area contributed by atoms with Crippen LogP contribution in [0.4, 0.5) is 4.79 Å². The second-order valence-electron chi connectivity index (χ2n) is 4.92. The zero-order valence-corrected chi connectivity index (χ0v) is 11.4. The van der Waals surface area contributed by atoms with E-state index in [0.717, 1.165) is 25.0 Å². The maximum Gasteiger partial charge on any atom is 0.315 e. The van der Waals surface area contributed by atoms with Gasteiger partial charge in [0.1, 0.15) is 0 Å². The Morgan fingerprint density at radius 2 is 2.11 bits per heavy atom. The summed E-state index contributed by atoms with van der Waals surface area (Å²) in [5, 5.41) is 5.79. The van der Waals surface area contributed by atoms with Crippen molar-refractivity contribution in [3.8, 4) is 0 Å². The maximum atomic E-state index is 11.7. The maximum absolute atomic E-state index is 11.7. The van der Waals surface area contributed by atoms with Gasteiger partial charge in [0, 0.05) is 25.6 Å². The van der Waals surface area contributed by atoms with Crippen molar-refractivity contribution in [1.29, 1.82) is 0 Å². The molecule has 0 aromatic heterocycles. The van der Waals surface area contributed by atoms with Crippen molar-refractivity contribution in [2.75, 3.05) is 13.2 Å². The highest BCUT2D eigenvalue weighted by Crippen LogP contribution is 2.22. The fourth-order valence-electron chi connectivity index (χ4n) is 2.44. The normalized spacial score (nSPS) is 22.2. The van der Waals surface area contributed by atoms with Gasteiger partial charge in [0.15, 0.2) is 0 Å². The lowest BCUT2D eigenvalue weighted by Crippen LogP contribution is -2.39. The Morgan fingerprint density at radius 3 is 2.84 bits per heavy atom. The number of ether oxygens (including phenoxy) is 1. The van der Waals surface area contributed by atoms with Gasteiger partial charge in [-0.3, -0.25) is 0 Å².